The molecule has 0 saturated carbocycles. The van der Waals surface area contributed by atoms with E-state index in [4.69, 9.17) is 11.6 Å². The molecule has 2 aromatic heterocycles. The van der Waals surface area contributed by atoms with Crippen LogP contribution in [0.1, 0.15) is 0 Å². The summed E-state index contributed by atoms with van der Waals surface area (Å²) < 4.78 is 6.16. The summed E-state index contributed by atoms with van der Waals surface area (Å²) in [6.45, 7) is 0.382. The monoisotopic (exact) mass is 279 g/mol. The van der Waals surface area contributed by atoms with Crippen LogP contribution in [0.5, 0.6) is 0 Å². The summed E-state index contributed by atoms with van der Waals surface area (Å²) in [5.74, 6) is 6.08. The van der Waals surface area contributed by atoms with Crippen LogP contribution >= 0.6 is 0 Å². The molecule has 0 aliphatic carbocycles. The van der Waals surface area contributed by atoms with E-state index < -0.39 is 6.09 Å². The zero-order valence-corrected chi connectivity index (χ0v) is 10.4. The quantitative estimate of drug-likeness (QED) is 0.291. The molecule has 11 nitrogen and oxygen atoms in total. The van der Waals surface area contributed by atoms with Crippen molar-refractivity contribution in [2.75, 3.05) is 23.9 Å². The number of nitrogens with zero attached hydrogens (tertiary/aromatic N) is 5. The van der Waals surface area contributed by atoms with Gasteiger partial charge in [-0.05, 0) is 0 Å². The van der Waals surface area contributed by atoms with Gasteiger partial charge in [-0.2, -0.15) is 15.0 Å². The highest BCUT2D eigenvalue weighted by Crippen LogP contribution is 2.07. The Morgan fingerprint density at radius 1 is 1.35 bits per heavy atom. The number of nitrogens with one attached hydrogen (secondary N) is 2. The molecule has 2 aromatic rings. The second-order valence-electron chi connectivity index (χ2n) is 3.49. The number of rotatable bonds is 6. The van der Waals surface area contributed by atoms with Gasteiger partial charge in [-0.15, -0.1) is 0 Å². The summed E-state index contributed by atoms with van der Waals surface area (Å²) in [5, 5.41) is 2.85. The highest BCUT2D eigenvalue weighted by molar-refractivity contribution is 5.64. The summed E-state index contributed by atoms with van der Waals surface area (Å²) in [6.07, 6.45) is 3.96. The third-order valence-electron chi connectivity index (χ3n) is 2.12. The number of anilines is 2. The Hall–Kier alpha value is -2.95. The van der Waals surface area contributed by atoms with Gasteiger partial charge < -0.3 is 15.8 Å². The molecule has 2 rings (SSSR count). The van der Waals surface area contributed by atoms with E-state index in [0.717, 1.165) is 0 Å². The highest BCUT2D eigenvalue weighted by atomic mass is 16.5. The van der Waals surface area contributed by atoms with E-state index in [9.17, 15) is 4.79 Å². The van der Waals surface area contributed by atoms with Crippen molar-refractivity contribution in [1.29, 1.82) is 0 Å². The van der Waals surface area contributed by atoms with Crippen LogP contribution in [0.25, 0.3) is 5.95 Å². The average molecular weight is 279 g/mol. The first kappa shape index (κ1) is 13.5. The molecule has 0 bridgehead atoms. The lowest BCUT2D eigenvalue weighted by Gasteiger charge is -2.08. The van der Waals surface area contributed by atoms with Gasteiger partial charge in [-0.3, -0.25) is 9.99 Å². The minimum absolute atomic E-state index is 0.0901. The van der Waals surface area contributed by atoms with E-state index in [1.165, 1.54) is 6.33 Å². The second kappa shape index (κ2) is 6.29. The molecule has 0 fully saturated rings. The van der Waals surface area contributed by atoms with Crippen molar-refractivity contribution >= 4 is 18.0 Å². The minimum atomic E-state index is -0.842. The van der Waals surface area contributed by atoms with Crippen LogP contribution in [0.15, 0.2) is 18.7 Å². The molecule has 20 heavy (non-hydrogen) atoms. The van der Waals surface area contributed by atoms with Gasteiger partial charge in [0.25, 0.3) is 0 Å². The number of hydrogen-bond acceptors (Lipinski definition) is 9. The number of carbonyl (C=O) groups excluding carboxylic acids is 1. The fourth-order valence-electron chi connectivity index (χ4n) is 1.32. The van der Waals surface area contributed by atoms with Crippen LogP contribution in [0.4, 0.5) is 16.7 Å². The smallest absolute Gasteiger partial charge is 0.404 e. The van der Waals surface area contributed by atoms with Gasteiger partial charge >= 0.3 is 6.09 Å². The number of hydrazine groups is 1. The molecule has 11 heteroatoms. The van der Waals surface area contributed by atoms with Gasteiger partial charge in [0.15, 0.2) is 0 Å². The first-order valence-electron chi connectivity index (χ1n) is 5.56. The first-order chi connectivity index (χ1) is 9.69. The normalized spacial score (nSPS) is 10.1. The predicted molar refractivity (Wildman–Crippen MR) is 68.8 cm³/mol. The maximum atomic E-state index is 10.4. The summed E-state index contributed by atoms with van der Waals surface area (Å²) >= 11 is 0. The molecule has 0 spiro atoms. The number of aromatic nitrogens is 5. The molecule has 0 radical (unpaired) electrons. The second-order valence-corrected chi connectivity index (χ2v) is 3.49. The van der Waals surface area contributed by atoms with Gasteiger partial charge in [0.1, 0.15) is 12.9 Å². The topological polar surface area (TPSA) is 159 Å². The van der Waals surface area contributed by atoms with Crippen molar-refractivity contribution in [1.82, 2.24) is 24.5 Å². The van der Waals surface area contributed by atoms with Crippen LogP contribution in [0, 0.1) is 0 Å². The lowest BCUT2D eigenvalue weighted by atomic mass is 10.6. The Kier molecular flexibility index (Phi) is 4.24. The zero-order chi connectivity index (χ0) is 14.4. The fraction of sp³-hybridized carbons (Fsp3) is 0.222. The Bertz CT molecular complexity index is 571. The van der Waals surface area contributed by atoms with E-state index in [0.29, 0.717) is 12.5 Å². The summed E-state index contributed by atoms with van der Waals surface area (Å²) in [5.41, 5.74) is 7.18. The molecule has 6 N–H and O–H groups in total. The van der Waals surface area contributed by atoms with Crippen molar-refractivity contribution in [2.24, 2.45) is 11.6 Å². The van der Waals surface area contributed by atoms with Gasteiger partial charge in [0, 0.05) is 12.4 Å². The number of carbonyl (C=O) groups is 1. The van der Waals surface area contributed by atoms with Crippen LogP contribution in [0.2, 0.25) is 0 Å². The van der Waals surface area contributed by atoms with Crippen LogP contribution in [0.3, 0.4) is 0 Å². The lowest BCUT2D eigenvalue weighted by molar-refractivity contribution is 0.161. The summed E-state index contributed by atoms with van der Waals surface area (Å²) in [7, 11) is 0. The van der Waals surface area contributed by atoms with E-state index in [2.05, 4.69) is 35.4 Å². The number of nitrogens with two attached hydrogens (primary N) is 2. The predicted octanol–water partition coefficient (Wildman–Crippen LogP) is -1.15. The maximum Gasteiger partial charge on any atom is 0.404 e. The fourth-order valence-corrected chi connectivity index (χ4v) is 1.32. The van der Waals surface area contributed by atoms with Gasteiger partial charge in [0.05, 0.1) is 6.54 Å². The minimum Gasteiger partial charge on any atom is -0.448 e. The Morgan fingerprint density at radius 3 is 2.80 bits per heavy atom. The van der Waals surface area contributed by atoms with Crippen LogP contribution in [-0.2, 0) is 4.74 Å². The SMILES string of the molecule is NNc1nc(NCCOC(N)=O)nc(-n2ccnc2)n1. The molecule has 1 amide bonds. The zero-order valence-electron chi connectivity index (χ0n) is 10.4. The van der Waals surface area contributed by atoms with Crippen molar-refractivity contribution in [3.63, 3.8) is 0 Å². The van der Waals surface area contributed by atoms with Crippen molar-refractivity contribution < 1.29 is 9.53 Å². The van der Waals surface area contributed by atoms with Crippen molar-refractivity contribution in [3.8, 4) is 5.95 Å². The number of imidazole rings is 1. The Balaban J connectivity index is 2.08. The third kappa shape index (κ3) is 3.52. The van der Waals surface area contributed by atoms with Crippen molar-refractivity contribution in [2.45, 2.75) is 0 Å². The number of primary amides is 1. The molecule has 0 aromatic carbocycles. The number of ether oxygens (including phenoxy) is 1. The largest absolute Gasteiger partial charge is 0.448 e. The highest BCUT2D eigenvalue weighted by Gasteiger charge is 2.07. The Morgan fingerprint density at radius 2 is 2.15 bits per heavy atom. The number of hydrogen-bond donors (Lipinski definition) is 4. The molecule has 106 valence electrons. The van der Waals surface area contributed by atoms with E-state index in [-0.39, 0.29) is 18.5 Å². The molecule has 0 saturated heterocycles. The maximum absolute atomic E-state index is 10.4. The lowest BCUT2D eigenvalue weighted by Crippen LogP contribution is -2.20. The Labute approximate surface area is 113 Å². The van der Waals surface area contributed by atoms with Crippen LogP contribution < -0.4 is 22.3 Å². The number of nitrogen functional groups attached to an aromatic ring is 1. The molecule has 0 aliphatic rings. The van der Waals surface area contributed by atoms with Gasteiger partial charge in [-0.25, -0.2) is 15.6 Å². The summed E-state index contributed by atoms with van der Waals surface area (Å²) in [4.78, 5) is 26.5. The standard InChI is InChI=1S/C9H13N9O2/c10-6(19)20-4-2-13-7-14-8(17-11)16-9(15-7)18-3-1-12-5-18/h1,3,5H,2,4,11H2,(H2,10,19)(H2,13,14,15,16,17). The third-order valence-corrected chi connectivity index (χ3v) is 2.12. The van der Waals surface area contributed by atoms with E-state index >= 15 is 0 Å². The molecule has 0 aliphatic heterocycles. The molecular weight excluding hydrogens is 266 g/mol. The van der Waals surface area contributed by atoms with Crippen molar-refractivity contribution in [3.05, 3.63) is 18.7 Å². The van der Waals surface area contributed by atoms with E-state index in [1.54, 1.807) is 17.0 Å². The average Bonchev–Trinajstić information content (AvgIpc) is 2.97. The first-order valence-corrected chi connectivity index (χ1v) is 5.56. The van der Waals surface area contributed by atoms with Crippen LogP contribution in [-0.4, -0.2) is 43.7 Å². The molecular formula is C9H13N9O2. The molecule has 0 unspecified atom stereocenters. The summed E-state index contributed by atoms with van der Waals surface area (Å²) in [6, 6.07) is 0. The molecule has 0 atom stereocenters. The van der Waals surface area contributed by atoms with Gasteiger partial charge in [-0.1, -0.05) is 0 Å². The van der Waals surface area contributed by atoms with Gasteiger partial charge in [0.2, 0.25) is 17.8 Å². The molecule has 2 heterocycles. The number of amides is 1. The van der Waals surface area contributed by atoms with E-state index in [1.807, 2.05) is 0 Å².